The fraction of sp³-hybridized carbons (Fsp3) is 0.312. The molecule has 3 heterocycles. The fourth-order valence-corrected chi connectivity index (χ4v) is 3.57. The van der Waals surface area contributed by atoms with E-state index in [9.17, 15) is 0 Å². The monoisotopic (exact) mass is 327 g/mol. The Kier molecular flexibility index (Phi) is 3.80. The van der Waals surface area contributed by atoms with Gasteiger partial charge in [0.2, 0.25) is 0 Å². The number of hydrogen-bond donors (Lipinski definition) is 0. The van der Waals surface area contributed by atoms with E-state index in [1.807, 2.05) is 30.3 Å². The molecule has 0 radical (unpaired) electrons. The minimum absolute atomic E-state index is 0.0472. The summed E-state index contributed by atoms with van der Waals surface area (Å²) in [5, 5.41) is 16.5. The van der Waals surface area contributed by atoms with Gasteiger partial charge < -0.3 is 9.64 Å². The summed E-state index contributed by atoms with van der Waals surface area (Å²) >= 11 is 1.69. The smallest absolute Gasteiger partial charge is 0.250 e. The molecular weight excluding hydrogens is 310 g/mol. The van der Waals surface area contributed by atoms with E-state index < -0.39 is 0 Å². The van der Waals surface area contributed by atoms with E-state index in [4.69, 9.17) is 4.74 Å². The van der Waals surface area contributed by atoms with E-state index >= 15 is 0 Å². The molecule has 4 rings (SSSR count). The fourth-order valence-electron chi connectivity index (χ4n) is 2.87. The van der Waals surface area contributed by atoms with Crippen LogP contribution in [0.15, 0.2) is 47.2 Å². The highest BCUT2D eigenvalue weighted by Crippen LogP contribution is 2.29. The van der Waals surface area contributed by atoms with Crippen molar-refractivity contribution < 1.29 is 4.74 Å². The van der Waals surface area contributed by atoms with Crippen molar-refractivity contribution in [2.45, 2.75) is 19.1 Å². The van der Waals surface area contributed by atoms with Gasteiger partial charge in [-0.1, -0.05) is 23.3 Å². The van der Waals surface area contributed by atoms with Crippen LogP contribution in [0.3, 0.4) is 0 Å². The highest BCUT2D eigenvalue weighted by molar-refractivity contribution is 7.07. The summed E-state index contributed by atoms with van der Waals surface area (Å²) in [6.45, 7) is 3.60. The van der Waals surface area contributed by atoms with Crippen LogP contribution < -0.4 is 4.90 Å². The third-order valence-electron chi connectivity index (χ3n) is 3.91. The zero-order chi connectivity index (χ0) is 15.6. The second-order valence-electron chi connectivity index (χ2n) is 5.62. The lowest BCUT2D eigenvalue weighted by molar-refractivity contribution is -0.0177. The second-order valence-corrected chi connectivity index (χ2v) is 6.40. The van der Waals surface area contributed by atoms with Crippen LogP contribution in [0.2, 0.25) is 0 Å². The van der Waals surface area contributed by atoms with E-state index in [0.29, 0.717) is 0 Å². The van der Waals surface area contributed by atoms with E-state index in [0.717, 1.165) is 24.7 Å². The number of anilines is 1. The van der Waals surface area contributed by atoms with Crippen LogP contribution in [0.25, 0.3) is 5.69 Å². The van der Waals surface area contributed by atoms with Crippen LogP contribution >= 0.6 is 11.3 Å². The van der Waals surface area contributed by atoms with Crippen LogP contribution in [0.4, 0.5) is 5.95 Å². The number of rotatable bonds is 3. The lowest BCUT2D eigenvalue weighted by atomic mass is 10.1. The molecule has 118 valence electrons. The SMILES string of the molecule is C[C@H]1CN(c2nnnn2-c2ccccc2)C[C@H](c2ccsc2)O1. The summed E-state index contributed by atoms with van der Waals surface area (Å²) in [5.74, 6) is 0.756. The summed E-state index contributed by atoms with van der Waals surface area (Å²) in [6.07, 6.45) is 0.167. The molecule has 1 saturated heterocycles. The number of thiophene rings is 1. The summed E-state index contributed by atoms with van der Waals surface area (Å²) in [5.41, 5.74) is 2.17. The Morgan fingerprint density at radius 1 is 1.17 bits per heavy atom. The zero-order valence-corrected chi connectivity index (χ0v) is 13.6. The lowest BCUT2D eigenvalue weighted by Gasteiger charge is -2.36. The molecule has 0 spiro atoms. The molecule has 1 aliphatic heterocycles. The first-order valence-electron chi connectivity index (χ1n) is 7.57. The number of aromatic nitrogens is 4. The van der Waals surface area contributed by atoms with Gasteiger partial charge in [0.25, 0.3) is 5.95 Å². The standard InChI is InChI=1S/C16H17N5OS/c1-12-9-20(10-15(22-12)13-7-8-23-11-13)16-17-18-19-21(16)14-5-3-2-4-6-14/h2-8,11-12,15H,9-10H2,1H3/t12-,15+/m0/s1. The number of ether oxygens (including phenoxy) is 1. The van der Waals surface area contributed by atoms with Crippen molar-refractivity contribution >= 4 is 17.3 Å². The second kappa shape index (κ2) is 6.10. The number of benzene rings is 1. The molecule has 0 unspecified atom stereocenters. The van der Waals surface area contributed by atoms with Crippen molar-refractivity contribution in [3.63, 3.8) is 0 Å². The molecule has 0 saturated carbocycles. The predicted molar refractivity (Wildman–Crippen MR) is 89.0 cm³/mol. The number of hydrogen-bond acceptors (Lipinski definition) is 6. The molecule has 1 aliphatic rings. The zero-order valence-electron chi connectivity index (χ0n) is 12.7. The molecule has 2 aromatic heterocycles. The molecule has 7 heteroatoms. The van der Waals surface area contributed by atoms with Crippen LogP contribution in [-0.2, 0) is 4.74 Å². The normalized spacial score (nSPS) is 21.5. The van der Waals surface area contributed by atoms with Crippen molar-refractivity contribution in [3.8, 4) is 5.69 Å². The molecule has 1 aromatic carbocycles. The van der Waals surface area contributed by atoms with Gasteiger partial charge in [0.15, 0.2) is 0 Å². The minimum atomic E-state index is 0.0472. The van der Waals surface area contributed by atoms with Gasteiger partial charge in [0, 0.05) is 6.54 Å². The lowest BCUT2D eigenvalue weighted by Crippen LogP contribution is -2.44. The van der Waals surface area contributed by atoms with Gasteiger partial charge >= 0.3 is 0 Å². The molecule has 1 fully saturated rings. The van der Waals surface area contributed by atoms with Crippen molar-refractivity contribution in [3.05, 3.63) is 52.7 Å². The van der Waals surface area contributed by atoms with Gasteiger partial charge in [-0.25, -0.2) is 0 Å². The van der Waals surface area contributed by atoms with Crippen molar-refractivity contribution in [2.24, 2.45) is 0 Å². The van der Waals surface area contributed by atoms with Gasteiger partial charge in [-0.2, -0.15) is 16.0 Å². The predicted octanol–water partition coefficient (Wildman–Crippen LogP) is 2.69. The molecule has 0 N–H and O–H groups in total. The summed E-state index contributed by atoms with van der Waals surface area (Å²) < 4.78 is 7.87. The first kappa shape index (κ1) is 14.3. The Balaban J connectivity index is 1.64. The summed E-state index contributed by atoms with van der Waals surface area (Å²) in [4.78, 5) is 2.20. The molecule has 6 nitrogen and oxygen atoms in total. The van der Waals surface area contributed by atoms with E-state index in [1.54, 1.807) is 16.0 Å². The summed E-state index contributed by atoms with van der Waals surface area (Å²) in [6, 6.07) is 12.1. The first-order valence-corrected chi connectivity index (χ1v) is 8.52. The number of para-hydroxylation sites is 1. The maximum atomic E-state index is 6.09. The molecule has 0 aliphatic carbocycles. The number of morpholine rings is 1. The van der Waals surface area contributed by atoms with Gasteiger partial charge in [0.05, 0.1) is 18.3 Å². The summed E-state index contributed by atoms with van der Waals surface area (Å²) in [7, 11) is 0. The minimum Gasteiger partial charge on any atom is -0.367 e. The molecule has 3 aromatic rings. The highest BCUT2D eigenvalue weighted by atomic mass is 32.1. The van der Waals surface area contributed by atoms with E-state index in [-0.39, 0.29) is 12.2 Å². The first-order chi connectivity index (χ1) is 11.3. The van der Waals surface area contributed by atoms with E-state index in [2.05, 4.69) is 44.2 Å². The van der Waals surface area contributed by atoms with E-state index in [1.165, 1.54) is 5.56 Å². The van der Waals surface area contributed by atoms with Crippen LogP contribution in [0, 0.1) is 0 Å². The van der Waals surface area contributed by atoms with Crippen molar-refractivity contribution in [2.75, 3.05) is 18.0 Å². The molecule has 0 bridgehead atoms. The van der Waals surface area contributed by atoms with Crippen molar-refractivity contribution in [1.82, 2.24) is 20.2 Å². The Morgan fingerprint density at radius 2 is 2.04 bits per heavy atom. The third kappa shape index (κ3) is 2.85. The molecule has 0 amide bonds. The Labute approximate surface area is 138 Å². The van der Waals surface area contributed by atoms with Crippen LogP contribution in [0.1, 0.15) is 18.6 Å². The third-order valence-corrected chi connectivity index (χ3v) is 4.61. The average molecular weight is 327 g/mol. The quantitative estimate of drug-likeness (QED) is 0.740. The van der Waals surface area contributed by atoms with Crippen molar-refractivity contribution in [1.29, 1.82) is 0 Å². The number of tetrazole rings is 1. The Hall–Kier alpha value is -2.25. The average Bonchev–Trinajstić information content (AvgIpc) is 3.27. The Bertz CT molecular complexity index is 758. The molecule has 23 heavy (non-hydrogen) atoms. The highest BCUT2D eigenvalue weighted by Gasteiger charge is 2.29. The topological polar surface area (TPSA) is 56.1 Å². The van der Waals surface area contributed by atoms with Crippen LogP contribution in [0.5, 0.6) is 0 Å². The van der Waals surface area contributed by atoms with Gasteiger partial charge in [-0.05, 0) is 51.9 Å². The largest absolute Gasteiger partial charge is 0.367 e. The molecular formula is C16H17N5OS. The Morgan fingerprint density at radius 3 is 2.83 bits per heavy atom. The maximum Gasteiger partial charge on any atom is 0.250 e. The number of nitrogens with zero attached hydrogens (tertiary/aromatic N) is 5. The van der Waals surface area contributed by atoms with Crippen LogP contribution in [-0.4, -0.2) is 39.4 Å². The maximum absolute atomic E-state index is 6.09. The van der Waals surface area contributed by atoms with Gasteiger partial charge in [0.1, 0.15) is 6.10 Å². The van der Waals surface area contributed by atoms with Gasteiger partial charge in [-0.3, -0.25) is 0 Å². The van der Waals surface area contributed by atoms with Gasteiger partial charge in [-0.15, -0.1) is 0 Å². The molecule has 2 atom stereocenters.